The van der Waals surface area contributed by atoms with E-state index in [4.69, 9.17) is 15.7 Å². The Hall–Kier alpha value is -0.850. The minimum absolute atomic E-state index is 0.101. The zero-order chi connectivity index (χ0) is 13.3. The van der Waals surface area contributed by atoms with Crippen LogP contribution in [0.15, 0.2) is 5.16 Å². The summed E-state index contributed by atoms with van der Waals surface area (Å²) in [6, 6.07) is 0.564. The Labute approximate surface area is 104 Å². The van der Waals surface area contributed by atoms with Gasteiger partial charge in [0.2, 0.25) is 0 Å². The first-order chi connectivity index (χ1) is 7.99. The molecule has 0 aromatic rings. The number of hydrogen-bond donors (Lipinski definition) is 3. The van der Waals surface area contributed by atoms with Crippen LogP contribution in [0.3, 0.4) is 0 Å². The largest absolute Gasteiger partial charge is 0.409 e. The van der Waals surface area contributed by atoms with E-state index >= 15 is 0 Å². The van der Waals surface area contributed by atoms with E-state index in [9.17, 15) is 0 Å². The maximum absolute atomic E-state index is 8.42. The van der Waals surface area contributed by atoms with E-state index in [1.54, 1.807) is 6.92 Å². The molecule has 4 N–H and O–H groups in total. The van der Waals surface area contributed by atoms with Gasteiger partial charge in [-0.15, -0.1) is 0 Å². The van der Waals surface area contributed by atoms with Crippen LogP contribution in [0.25, 0.3) is 0 Å². The molecular formula is C11H26N4O2. The number of oxime groups is 1. The number of nitrogens with one attached hydrogen (secondary N) is 1. The third-order valence-corrected chi connectivity index (χ3v) is 2.70. The van der Waals surface area contributed by atoms with E-state index in [-0.39, 0.29) is 11.9 Å². The predicted octanol–water partition coefficient (Wildman–Crippen LogP) is 0.0677. The third kappa shape index (κ3) is 7.95. The van der Waals surface area contributed by atoms with Gasteiger partial charge in [0.15, 0.2) is 5.84 Å². The van der Waals surface area contributed by atoms with Crippen LogP contribution < -0.4 is 11.1 Å². The molecule has 0 saturated heterocycles. The lowest BCUT2D eigenvalue weighted by atomic mass is 10.3. The van der Waals surface area contributed by atoms with E-state index in [0.29, 0.717) is 12.6 Å². The van der Waals surface area contributed by atoms with Crippen molar-refractivity contribution in [3.8, 4) is 0 Å². The molecule has 0 bridgehead atoms. The molecule has 0 rings (SSSR count). The van der Waals surface area contributed by atoms with Crippen LogP contribution in [-0.4, -0.2) is 61.4 Å². The van der Waals surface area contributed by atoms with Crippen molar-refractivity contribution >= 4 is 5.84 Å². The van der Waals surface area contributed by atoms with E-state index in [1.807, 2.05) is 0 Å². The van der Waals surface area contributed by atoms with Gasteiger partial charge in [-0.25, -0.2) is 0 Å². The lowest BCUT2D eigenvalue weighted by Gasteiger charge is -2.21. The summed E-state index contributed by atoms with van der Waals surface area (Å²) in [4.78, 5) is 2.27. The molecule has 0 radical (unpaired) electrons. The fraction of sp³-hybridized carbons (Fsp3) is 0.909. The SMILES string of the molecule is CC(OCCNCCN(C)C(C)C)C(N)=NO. The first kappa shape index (κ1) is 16.1. The quantitative estimate of drug-likeness (QED) is 0.176. The number of ether oxygens (including phenoxy) is 1. The number of rotatable bonds is 9. The number of amidine groups is 1. The summed E-state index contributed by atoms with van der Waals surface area (Å²) < 4.78 is 5.36. The van der Waals surface area contributed by atoms with Crippen molar-refractivity contribution < 1.29 is 9.94 Å². The van der Waals surface area contributed by atoms with Crippen molar-refractivity contribution in [2.24, 2.45) is 10.9 Å². The Morgan fingerprint density at radius 2 is 2.06 bits per heavy atom. The van der Waals surface area contributed by atoms with Gasteiger partial charge >= 0.3 is 0 Å². The van der Waals surface area contributed by atoms with Gasteiger partial charge in [0, 0.05) is 25.7 Å². The minimum Gasteiger partial charge on any atom is -0.409 e. The molecule has 0 amide bonds. The van der Waals surface area contributed by atoms with E-state index in [2.05, 4.69) is 36.3 Å². The van der Waals surface area contributed by atoms with Crippen LogP contribution in [-0.2, 0) is 4.74 Å². The first-order valence-corrected chi connectivity index (χ1v) is 5.99. The van der Waals surface area contributed by atoms with Crippen LogP contribution in [0.4, 0.5) is 0 Å². The van der Waals surface area contributed by atoms with Gasteiger partial charge in [-0.3, -0.25) is 0 Å². The molecule has 0 saturated carbocycles. The Morgan fingerprint density at radius 1 is 1.41 bits per heavy atom. The minimum atomic E-state index is -0.347. The van der Waals surface area contributed by atoms with Gasteiger partial charge in [0.25, 0.3) is 0 Å². The zero-order valence-electron chi connectivity index (χ0n) is 11.3. The van der Waals surface area contributed by atoms with Crippen molar-refractivity contribution in [1.82, 2.24) is 10.2 Å². The van der Waals surface area contributed by atoms with Crippen molar-refractivity contribution in [2.45, 2.75) is 32.9 Å². The van der Waals surface area contributed by atoms with E-state index in [1.165, 1.54) is 0 Å². The summed E-state index contributed by atoms with van der Waals surface area (Å²) in [5, 5.41) is 14.6. The lowest BCUT2D eigenvalue weighted by Crippen LogP contribution is -2.36. The van der Waals surface area contributed by atoms with Gasteiger partial charge in [-0.1, -0.05) is 5.16 Å². The molecule has 0 spiro atoms. The van der Waals surface area contributed by atoms with Gasteiger partial charge in [-0.05, 0) is 27.8 Å². The predicted molar refractivity (Wildman–Crippen MR) is 69.5 cm³/mol. The molecule has 0 aromatic heterocycles. The average molecular weight is 246 g/mol. The van der Waals surface area contributed by atoms with Crippen molar-refractivity contribution in [1.29, 1.82) is 0 Å². The topological polar surface area (TPSA) is 83.1 Å². The first-order valence-electron chi connectivity index (χ1n) is 5.99. The second kappa shape index (κ2) is 9.21. The van der Waals surface area contributed by atoms with Crippen LogP contribution in [0.1, 0.15) is 20.8 Å². The molecule has 6 heteroatoms. The molecule has 0 heterocycles. The van der Waals surface area contributed by atoms with Gasteiger partial charge in [0.1, 0.15) is 6.10 Å². The standard InChI is InChI=1S/C11H26N4O2/c1-9(2)15(4)7-5-13-6-8-17-10(3)11(12)14-16/h9-10,13,16H,5-8H2,1-4H3,(H2,12,14). The maximum Gasteiger partial charge on any atom is 0.168 e. The number of hydrogen-bond acceptors (Lipinski definition) is 5. The molecule has 1 unspecified atom stereocenters. The fourth-order valence-electron chi connectivity index (χ4n) is 1.11. The molecule has 0 aliphatic rings. The van der Waals surface area contributed by atoms with Crippen molar-refractivity contribution in [3.63, 3.8) is 0 Å². The van der Waals surface area contributed by atoms with Gasteiger partial charge < -0.3 is 25.9 Å². The molecule has 1 atom stereocenters. The molecular weight excluding hydrogens is 220 g/mol. The smallest absolute Gasteiger partial charge is 0.168 e. The van der Waals surface area contributed by atoms with Crippen LogP contribution in [0.5, 0.6) is 0 Å². The Kier molecular flexibility index (Phi) is 8.75. The van der Waals surface area contributed by atoms with E-state index in [0.717, 1.165) is 19.6 Å². The second-order valence-electron chi connectivity index (χ2n) is 4.36. The van der Waals surface area contributed by atoms with Crippen LogP contribution >= 0.6 is 0 Å². The van der Waals surface area contributed by atoms with Gasteiger partial charge in [0.05, 0.1) is 6.61 Å². The Bertz CT molecular complexity index is 222. The fourth-order valence-corrected chi connectivity index (χ4v) is 1.11. The molecule has 0 fully saturated rings. The average Bonchev–Trinajstić information content (AvgIpc) is 2.31. The molecule has 0 aromatic carbocycles. The van der Waals surface area contributed by atoms with Gasteiger partial charge in [-0.2, -0.15) is 0 Å². The number of likely N-dealkylation sites (N-methyl/N-ethyl adjacent to an activating group) is 1. The maximum atomic E-state index is 8.42. The highest BCUT2D eigenvalue weighted by Crippen LogP contribution is 1.91. The van der Waals surface area contributed by atoms with Crippen LogP contribution in [0, 0.1) is 0 Å². The summed E-state index contributed by atoms with van der Waals surface area (Å²) in [7, 11) is 2.10. The molecule has 17 heavy (non-hydrogen) atoms. The monoisotopic (exact) mass is 246 g/mol. The number of nitrogens with zero attached hydrogens (tertiary/aromatic N) is 2. The van der Waals surface area contributed by atoms with Crippen molar-refractivity contribution in [3.05, 3.63) is 0 Å². The summed E-state index contributed by atoms with van der Waals surface area (Å²) in [6.45, 7) is 9.33. The molecule has 0 aliphatic heterocycles. The molecule has 0 aliphatic carbocycles. The molecule has 102 valence electrons. The summed E-state index contributed by atoms with van der Waals surface area (Å²) in [6.07, 6.45) is -0.347. The van der Waals surface area contributed by atoms with Crippen LogP contribution in [0.2, 0.25) is 0 Å². The second-order valence-corrected chi connectivity index (χ2v) is 4.36. The Balaban J connectivity index is 3.41. The highest BCUT2D eigenvalue weighted by Gasteiger charge is 2.06. The third-order valence-electron chi connectivity index (χ3n) is 2.70. The Morgan fingerprint density at radius 3 is 2.59 bits per heavy atom. The van der Waals surface area contributed by atoms with Crippen molar-refractivity contribution in [2.75, 3.05) is 33.3 Å². The summed E-state index contributed by atoms with van der Waals surface area (Å²) >= 11 is 0. The summed E-state index contributed by atoms with van der Waals surface area (Å²) in [5.74, 6) is 0.101. The van der Waals surface area contributed by atoms with E-state index < -0.39 is 0 Å². The normalized spacial score (nSPS) is 14.6. The highest BCUT2D eigenvalue weighted by atomic mass is 16.5. The zero-order valence-corrected chi connectivity index (χ0v) is 11.3. The number of nitrogens with two attached hydrogens (primary N) is 1. The summed E-state index contributed by atoms with van der Waals surface area (Å²) in [5.41, 5.74) is 5.38. The molecule has 6 nitrogen and oxygen atoms in total. The lowest BCUT2D eigenvalue weighted by molar-refractivity contribution is 0.107. The highest BCUT2D eigenvalue weighted by molar-refractivity contribution is 5.83.